The summed E-state index contributed by atoms with van der Waals surface area (Å²) >= 11 is 12.0. The zero-order valence-corrected chi connectivity index (χ0v) is 16.9. The Balaban J connectivity index is 1.54. The lowest BCUT2D eigenvalue weighted by Gasteiger charge is -2.11. The first kappa shape index (κ1) is 20.7. The summed E-state index contributed by atoms with van der Waals surface area (Å²) in [5.41, 5.74) is 2.63. The van der Waals surface area contributed by atoms with E-state index >= 15 is 0 Å². The number of halogens is 2. The Labute approximate surface area is 179 Å². The van der Waals surface area contributed by atoms with Crippen LogP contribution in [0.5, 0.6) is 0 Å². The number of rotatable bonds is 7. The molecular formula is C22H19Cl2N3O2. The highest BCUT2D eigenvalue weighted by atomic mass is 35.5. The van der Waals surface area contributed by atoms with Crippen molar-refractivity contribution in [2.24, 2.45) is 0 Å². The molecule has 0 aliphatic carbocycles. The van der Waals surface area contributed by atoms with Gasteiger partial charge >= 0.3 is 0 Å². The Morgan fingerprint density at radius 1 is 0.862 bits per heavy atom. The summed E-state index contributed by atoms with van der Waals surface area (Å²) in [6.45, 7) is 0.456. The number of hydrogen-bond acceptors (Lipinski definition) is 3. The van der Waals surface area contributed by atoms with E-state index in [1.54, 1.807) is 42.5 Å². The molecule has 0 atom stereocenters. The van der Waals surface area contributed by atoms with Crippen LogP contribution in [0, 0.1) is 0 Å². The minimum Gasteiger partial charge on any atom is -0.376 e. The van der Waals surface area contributed by atoms with E-state index in [0.29, 0.717) is 33.5 Å². The predicted molar refractivity (Wildman–Crippen MR) is 118 cm³/mol. The molecular weight excluding hydrogens is 409 g/mol. The lowest BCUT2D eigenvalue weighted by atomic mass is 10.1. The Morgan fingerprint density at radius 2 is 1.66 bits per heavy atom. The van der Waals surface area contributed by atoms with Gasteiger partial charge in [-0.1, -0.05) is 59.6 Å². The van der Waals surface area contributed by atoms with Gasteiger partial charge in [0.15, 0.2) is 0 Å². The summed E-state index contributed by atoms with van der Waals surface area (Å²) in [5, 5.41) is 9.46. The Morgan fingerprint density at radius 3 is 2.45 bits per heavy atom. The molecule has 0 bridgehead atoms. The van der Waals surface area contributed by atoms with Crippen molar-refractivity contribution in [2.75, 3.05) is 17.2 Å². The molecule has 0 spiro atoms. The third-order valence-corrected chi connectivity index (χ3v) is 4.64. The second-order valence-electron chi connectivity index (χ2n) is 6.27. The molecule has 0 heterocycles. The number of nitrogens with one attached hydrogen (secondary N) is 3. The summed E-state index contributed by atoms with van der Waals surface area (Å²) in [7, 11) is 0. The van der Waals surface area contributed by atoms with E-state index < -0.39 is 0 Å². The Kier molecular flexibility index (Phi) is 7.11. The van der Waals surface area contributed by atoms with Crippen molar-refractivity contribution in [1.82, 2.24) is 5.32 Å². The average Bonchev–Trinajstić information content (AvgIpc) is 2.74. The largest absolute Gasteiger partial charge is 0.376 e. The first-order valence-electron chi connectivity index (χ1n) is 8.92. The molecule has 29 heavy (non-hydrogen) atoms. The van der Waals surface area contributed by atoms with Crippen molar-refractivity contribution in [2.45, 2.75) is 6.54 Å². The summed E-state index contributed by atoms with van der Waals surface area (Å²) < 4.78 is 0. The maximum absolute atomic E-state index is 12.4. The monoisotopic (exact) mass is 427 g/mol. The maximum Gasteiger partial charge on any atom is 0.251 e. The van der Waals surface area contributed by atoms with Gasteiger partial charge in [-0.3, -0.25) is 9.59 Å². The molecule has 0 aliphatic heterocycles. The van der Waals surface area contributed by atoms with Crippen LogP contribution in [-0.2, 0) is 11.3 Å². The molecule has 3 aromatic carbocycles. The van der Waals surface area contributed by atoms with E-state index in [2.05, 4.69) is 16.0 Å². The van der Waals surface area contributed by atoms with E-state index in [1.165, 1.54) is 0 Å². The molecule has 3 aromatic rings. The second kappa shape index (κ2) is 9.96. The lowest BCUT2D eigenvalue weighted by molar-refractivity contribution is -0.114. The molecule has 2 amide bonds. The SMILES string of the molecule is O=C(CNc1cccc(C(=O)NCc2ccccc2)c1)Nc1cc(Cl)ccc1Cl. The van der Waals surface area contributed by atoms with Crippen LogP contribution < -0.4 is 16.0 Å². The van der Waals surface area contributed by atoms with E-state index in [1.807, 2.05) is 30.3 Å². The fraction of sp³-hybridized carbons (Fsp3) is 0.0909. The van der Waals surface area contributed by atoms with Crippen LogP contribution in [0.4, 0.5) is 11.4 Å². The zero-order valence-electron chi connectivity index (χ0n) is 15.4. The van der Waals surface area contributed by atoms with Crippen LogP contribution in [0.3, 0.4) is 0 Å². The highest BCUT2D eigenvalue weighted by Gasteiger charge is 2.09. The maximum atomic E-state index is 12.4. The molecule has 0 saturated heterocycles. The van der Waals surface area contributed by atoms with Crippen LogP contribution in [-0.4, -0.2) is 18.4 Å². The van der Waals surface area contributed by atoms with Crippen LogP contribution in [0.2, 0.25) is 10.0 Å². The molecule has 0 saturated carbocycles. The summed E-state index contributed by atoms with van der Waals surface area (Å²) in [6.07, 6.45) is 0. The summed E-state index contributed by atoms with van der Waals surface area (Å²) in [5.74, 6) is -0.472. The second-order valence-corrected chi connectivity index (χ2v) is 7.12. The van der Waals surface area contributed by atoms with Crippen LogP contribution in [0.15, 0.2) is 72.8 Å². The standard InChI is InChI=1S/C22H19Cl2N3O2/c23-17-9-10-19(24)20(12-17)27-21(28)14-25-18-8-4-7-16(11-18)22(29)26-13-15-5-2-1-3-6-15/h1-12,25H,13-14H2,(H,26,29)(H,27,28). The Hall–Kier alpha value is -3.02. The van der Waals surface area contributed by atoms with Gasteiger partial charge in [0.1, 0.15) is 0 Å². The van der Waals surface area contributed by atoms with Crippen LogP contribution in [0.1, 0.15) is 15.9 Å². The van der Waals surface area contributed by atoms with E-state index in [4.69, 9.17) is 23.2 Å². The van der Waals surface area contributed by atoms with E-state index in [9.17, 15) is 9.59 Å². The molecule has 3 rings (SSSR count). The zero-order chi connectivity index (χ0) is 20.6. The highest BCUT2D eigenvalue weighted by molar-refractivity contribution is 6.35. The lowest BCUT2D eigenvalue weighted by Crippen LogP contribution is -2.24. The molecule has 148 valence electrons. The molecule has 0 aromatic heterocycles. The molecule has 3 N–H and O–H groups in total. The topological polar surface area (TPSA) is 70.2 Å². The van der Waals surface area contributed by atoms with Crippen molar-refractivity contribution >= 4 is 46.4 Å². The van der Waals surface area contributed by atoms with Crippen LogP contribution in [0.25, 0.3) is 0 Å². The third kappa shape index (κ3) is 6.24. The minimum absolute atomic E-state index is 0.0118. The van der Waals surface area contributed by atoms with Gasteiger partial charge in [0, 0.05) is 22.8 Å². The van der Waals surface area contributed by atoms with Gasteiger partial charge in [-0.25, -0.2) is 0 Å². The number of carbonyl (C=O) groups is 2. The molecule has 5 nitrogen and oxygen atoms in total. The quantitative estimate of drug-likeness (QED) is 0.498. The summed E-state index contributed by atoms with van der Waals surface area (Å²) in [4.78, 5) is 24.5. The molecule has 7 heteroatoms. The van der Waals surface area contributed by atoms with E-state index in [-0.39, 0.29) is 18.4 Å². The smallest absolute Gasteiger partial charge is 0.251 e. The van der Waals surface area contributed by atoms with Crippen molar-refractivity contribution in [3.05, 3.63) is 94.0 Å². The van der Waals surface area contributed by atoms with E-state index in [0.717, 1.165) is 5.56 Å². The highest BCUT2D eigenvalue weighted by Crippen LogP contribution is 2.25. The summed E-state index contributed by atoms with van der Waals surface area (Å²) in [6, 6.07) is 21.5. The van der Waals surface area contributed by atoms with Crippen molar-refractivity contribution in [1.29, 1.82) is 0 Å². The first-order chi connectivity index (χ1) is 14.0. The average molecular weight is 428 g/mol. The molecule has 0 radical (unpaired) electrons. The fourth-order valence-electron chi connectivity index (χ4n) is 2.62. The minimum atomic E-state index is -0.284. The molecule has 0 unspecified atom stereocenters. The number of anilines is 2. The molecule has 0 aliphatic rings. The van der Waals surface area contributed by atoms with Crippen molar-refractivity contribution in [3.63, 3.8) is 0 Å². The normalized spacial score (nSPS) is 10.3. The number of hydrogen-bond donors (Lipinski definition) is 3. The van der Waals surface area contributed by atoms with Crippen molar-refractivity contribution in [3.8, 4) is 0 Å². The molecule has 0 fully saturated rings. The first-order valence-corrected chi connectivity index (χ1v) is 9.68. The Bertz CT molecular complexity index is 1010. The number of carbonyl (C=O) groups excluding carboxylic acids is 2. The van der Waals surface area contributed by atoms with Gasteiger partial charge in [0.2, 0.25) is 5.91 Å². The van der Waals surface area contributed by atoms with Crippen LogP contribution >= 0.6 is 23.2 Å². The van der Waals surface area contributed by atoms with Gasteiger partial charge in [0.25, 0.3) is 5.91 Å². The number of benzene rings is 3. The van der Waals surface area contributed by atoms with Gasteiger partial charge in [-0.05, 0) is 42.0 Å². The van der Waals surface area contributed by atoms with Gasteiger partial charge in [-0.15, -0.1) is 0 Å². The van der Waals surface area contributed by atoms with Gasteiger partial charge in [-0.2, -0.15) is 0 Å². The van der Waals surface area contributed by atoms with Gasteiger partial charge < -0.3 is 16.0 Å². The third-order valence-electron chi connectivity index (χ3n) is 4.08. The predicted octanol–water partition coefficient (Wildman–Crippen LogP) is 4.97. The fourth-order valence-corrected chi connectivity index (χ4v) is 2.96. The number of amides is 2. The van der Waals surface area contributed by atoms with Gasteiger partial charge in [0.05, 0.1) is 17.3 Å². The van der Waals surface area contributed by atoms with Crippen molar-refractivity contribution < 1.29 is 9.59 Å².